The first-order valence-corrected chi connectivity index (χ1v) is 7.51. The minimum atomic E-state index is 0.727. The van der Waals surface area contributed by atoms with Crippen LogP contribution in [-0.2, 0) is 6.54 Å². The molecule has 0 amide bonds. The third kappa shape index (κ3) is 5.15. The van der Waals surface area contributed by atoms with Crippen molar-refractivity contribution >= 4 is 5.95 Å². The van der Waals surface area contributed by atoms with Gasteiger partial charge in [-0.25, -0.2) is 9.97 Å². The molecule has 0 aliphatic heterocycles. The van der Waals surface area contributed by atoms with Gasteiger partial charge in [0.15, 0.2) is 0 Å². The summed E-state index contributed by atoms with van der Waals surface area (Å²) >= 11 is 0. The minimum absolute atomic E-state index is 0.727. The van der Waals surface area contributed by atoms with Crippen LogP contribution < -0.4 is 10.2 Å². The average Bonchev–Trinajstić information content (AvgIpc) is 2.47. The van der Waals surface area contributed by atoms with Crippen LogP contribution in [0.15, 0.2) is 12.4 Å². The zero-order valence-electron chi connectivity index (χ0n) is 12.8. The van der Waals surface area contributed by atoms with E-state index in [1.54, 1.807) is 0 Å². The van der Waals surface area contributed by atoms with Crippen LogP contribution in [0.5, 0.6) is 0 Å². The van der Waals surface area contributed by atoms with Gasteiger partial charge in [0.1, 0.15) is 0 Å². The number of aromatic nitrogens is 2. The van der Waals surface area contributed by atoms with Crippen LogP contribution in [0.4, 0.5) is 5.95 Å². The summed E-state index contributed by atoms with van der Waals surface area (Å²) < 4.78 is 0. The predicted octanol–water partition coefficient (Wildman–Crippen LogP) is 2.85. The van der Waals surface area contributed by atoms with E-state index < -0.39 is 0 Å². The maximum Gasteiger partial charge on any atom is 0.225 e. The van der Waals surface area contributed by atoms with Crippen molar-refractivity contribution in [2.24, 2.45) is 5.92 Å². The summed E-state index contributed by atoms with van der Waals surface area (Å²) in [5.74, 6) is 1.58. The summed E-state index contributed by atoms with van der Waals surface area (Å²) in [5.41, 5.74) is 1.14. The van der Waals surface area contributed by atoms with Gasteiger partial charge >= 0.3 is 0 Å². The number of hydrogen-bond acceptors (Lipinski definition) is 4. The van der Waals surface area contributed by atoms with E-state index in [2.05, 4.69) is 47.9 Å². The van der Waals surface area contributed by atoms with Crippen molar-refractivity contribution in [3.8, 4) is 0 Å². The quantitative estimate of drug-likeness (QED) is 0.744. The second kappa shape index (κ2) is 8.86. The van der Waals surface area contributed by atoms with Gasteiger partial charge < -0.3 is 10.2 Å². The Morgan fingerprint density at radius 2 is 1.74 bits per heavy atom. The van der Waals surface area contributed by atoms with Crippen molar-refractivity contribution in [1.82, 2.24) is 15.3 Å². The lowest BCUT2D eigenvalue weighted by Crippen LogP contribution is -2.30. The second-order valence-corrected chi connectivity index (χ2v) is 4.89. The Hall–Kier alpha value is -1.16. The van der Waals surface area contributed by atoms with E-state index >= 15 is 0 Å². The van der Waals surface area contributed by atoms with Crippen molar-refractivity contribution in [3.05, 3.63) is 18.0 Å². The Kier molecular flexibility index (Phi) is 7.41. The predicted molar refractivity (Wildman–Crippen MR) is 81.4 cm³/mol. The van der Waals surface area contributed by atoms with Gasteiger partial charge in [0, 0.05) is 37.6 Å². The molecule has 19 heavy (non-hydrogen) atoms. The molecule has 1 aromatic heterocycles. The van der Waals surface area contributed by atoms with E-state index in [4.69, 9.17) is 0 Å². The number of rotatable bonds is 9. The minimum Gasteiger partial charge on any atom is -0.341 e. The highest BCUT2D eigenvalue weighted by Gasteiger charge is 2.12. The van der Waals surface area contributed by atoms with Gasteiger partial charge in [0.2, 0.25) is 5.95 Å². The van der Waals surface area contributed by atoms with Gasteiger partial charge in [-0.2, -0.15) is 0 Å². The molecule has 0 fully saturated rings. The normalized spacial score (nSPS) is 11.0. The Morgan fingerprint density at radius 1 is 1.11 bits per heavy atom. The van der Waals surface area contributed by atoms with Crippen LogP contribution in [0.25, 0.3) is 0 Å². The second-order valence-electron chi connectivity index (χ2n) is 4.89. The van der Waals surface area contributed by atoms with E-state index in [-0.39, 0.29) is 0 Å². The third-order valence-electron chi connectivity index (χ3n) is 3.57. The molecule has 0 atom stereocenters. The van der Waals surface area contributed by atoms with Gasteiger partial charge in [-0.15, -0.1) is 0 Å². The molecule has 0 radical (unpaired) electrons. The fraction of sp³-hybridized carbons (Fsp3) is 0.733. The Morgan fingerprint density at radius 3 is 2.21 bits per heavy atom. The SMILES string of the molecule is CCNCc1cnc(N(CC)CC(CC)CC)nc1. The molecule has 1 N–H and O–H groups in total. The van der Waals surface area contributed by atoms with Crippen LogP contribution in [0.2, 0.25) is 0 Å². The van der Waals surface area contributed by atoms with Crippen LogP contribution in [0.1, 0.15) is 46.1 Å². The van der Waals surface area contributed by atoms with Gasteiger partial charge in [-0.05, 0) is 19.4 Å². The van der Waals surface area contributed by atoms with Gasteiger partial charge in [-0.1, -0.05) is 33.6 Å². The lowest BCUT2D eigenvalue weighted by Gasteiger charge is -2.25. The van der Waals surface area contributed by atoms with Crippen molar-refractivity contribution in [1.29, 1.82) is 0 Å². The number of nitrogens with one attached hydrogen (secondary N) is 1. The van der Waals surface area contributed by atoms with Crippen molar-refractivity contribution in [3.63, 3.8) is 0 Å². The molecule has 1 rings (SSSR count). The standard InChI is InChI=1S/C15H28N4/c1-5-13(6-2)12-19(8-4)15-17-10-14(11-18-15)9-16-7-3/h10-11,13,16H,5-9,12H2,1-4H3. The molecule has 0 saturated carbocycles. The Bertz CT molecular complexity index is 333. The summed E-state index contributed by atoms with van der Waals surface area (Å²) in [7, 11) is 0. The molecule has 4 nitrogen and oxygen atoms in total. The van der Waals surface area contributed by atoms with Crippen LogP contribution in [-0.4, -0.2) is 29.6 Å². The van der Waals surface area contributed by atoms with Crippen LogP contribution in [0.3, 0.4) is 0 Å². The van der Waals surface area contributed by atoms with Crippen molar-refractivity contribution in [2.75, 3.05) is 24.5 Å². The highest BCUT2D eigenvalue weighted by atomic mass is 15.2. The maximum atomic E-state index is 4.50. The Balaban J connectivity index is 2.65. The largest absolute Gasteiger partial charge is 0.341 e. The molecule has 0 aliphatic carbocycles. The summed E-state index contributed by atoms with van der Waals surface area (Å²) in [6.45, 7) is 12.6. The van der Waals surface area contributed by atoms with Crippen molar-refractivity contribution < 1.29 is 0 Å². The lowest BCUT2D eigenvalue weighted by atomic mass is 10.0. The zero-order chi connectivity index (χ0) is 14.1. The van der Waals surface area contributed by atoms with E-state index in [1.807, 2.05) is 12.4 Å². The van der Waals surface area contributed by atoms with Crippen LogP contribution >= 0.6 is 0 Å². The number of anilines is 1. The van der Waals surface area contributed by atoms with E-state index in [0.29, 0.717) is 0 Å². The third-order valence-corrected chi connectivity index (χ3v) is 3.57. The average molecular weight is 264 g/mol. The fourth-order valence-corrected chi connectivity index (χ4v) is 2.08. The summed E-state index contributed by atoms with van der Waals surface area (Å²) in [4.78, 5) is 11.3. The highest BCUT2D eigenvalue weighted by molar-refractivity contribution is 5.29. The lowest BCUT2D eigenvalue weighted by molar-refractivity contribution is 0.482. The molecule has 0 unspecified atom stereocenters. The summed E-state index contributed by atoms with van der Waals surface area (Å²) in [6, 6.07) is 0. The molecule has 1 aromatic rings. The molecular weight excluding hydrogens is 236 g/mol. The zero-order valence-corrected chi connectivity index (χ0v) is 12.8. The topological polar surface area (TPSA) is 41.1 Å². The van der Waals surface area contributed by atoms with Crippen molar-refractivity contribution in [2.45, 2.75) is 47.1 Å². The highest BCUT2D eigenvalue weighted by Crippen LogP contribution is 2.14. The first kappa shape index (κ1) is 15.9. The molecule has 0 aliphatic rings. The smallest absolute Gasteiger partial charge is 0.225 e. The maximum absolute atomic E-state index is 4.50. The molecule has 0 bridgehead atoms. The van der Waals surface area contributed by atoms with Crippen LogP contribution in [0, 0.1) is 5.92 Å². The van der Waals surface area contributed by atoms with Gasteiger partial charge in [0.25, 0.3) is 0 Å². The molecular formula is C15H28N4. The molecule has 0 spiro atoms. The molecule has 1 heterocycles. The molecule has 0 aromatic carbocycles. The number of hydrogen-bond donors (Lipinski definition) is 1. The monoisotopic (exact) mass is 264 g/mol. The molecule has 4 heteroatoms. The van der Waals surface area contributed by atoms with E-state index in [0.717, 1.165) is 43.6 Å². The van der Waals surface area contributed by atoms with E-state index in [1.165, 1.54) is 12.8 Å². The summed E-state index contributed by atoms with van der Waals surface area (Å²) in [5, 5.41) is 3.28. The molecule has 0 saturated heterocycles. The molecule has 108 valence electrons. The number of nitrogens with zero attached hydrogens (tertiary/aromatic N) is 3. The first-order valence-electron chi connectivity index (χ1n) is 7.51. The Labute approximate surface area is 117 Å². The van der Waals surface area contributed by atoms with Gasteiger partial charge in [0.05, 0.1) is 0 Å². The summed E-state index contributed by atoms with van der Waals surface area (Å²) in [6.07, 6.45) is 6.29. The fourth-order valence-electron chi connectivity index (χ4n) is 2.08. The first-order chi connectivity index (χ1) is 9.24. The van der Waals surface area contributed by atoms with E-state index in [9.17, 15) is 0 Å². The van der Waals surface area contributed by atoms with Gasteiger partial charge in [-0.3, -0.25) is 0 Å².